The number of aromatic nitrogens is 1. The van der Waals surface area contributed by atoms with E-state index in [1.54, 1.807) is 30.8 Å². The molecule has 0 saturated carbocycles. The van der Waals surface area contributed by atoms with Crippen LogP contribution in [0.25, 0.3) is 0 Å². The van der Waals surface area contributed by atoms with Gasteiger partial charge in [0.05, 0.1) is 17.1 Å². The average molecular weight is 416 g/mol. The molecule has 2 rings (SSSR count). The summed E-state index contributed by atoms with van der Waals surface area (Å²) in [6, 6.07) is 5.65. The van der Waals surface area contributed by atoms with E-state index < -0.39 is 11.9 Å². The minimum absolute atomic E-state index is 0.226. The Kier molecular flexibility index (Phi) is 7.81. The van der Waals surface area contributed by atoms with Gasteiger partial charge >= 0.3 is 0 Å². The SMILES string of the molecule is CSCCC(NC(=O)c1ccc(Cl)cc1Cl)C(=O)NCc1cc(C)on1. The highest BCUT2D eigenvalue weighted by atomic mass is 35.5. The first-order valence-electron chi connectivity index (χ1n) is 7.85. The molecule has 1 heterocycles. The third kappa shape index (κ3) is 5.93. The van der Waals surface area contributed by atoms with E-state index in [1.807, 2.05) is 6.26 Å². The molecule has 1 aromatic carbocycles. The maximum Gasteiger partial charge on any atom is 0.253 e. The monoisotopic (exact) mass is 415 g/mol. The van der Waals surface area contributed by atoms with E-state index in [9.17, 15) is 9.59 Å². The molecule has 0 aliphatic rings. The zero-order valence-electron chi connectivity index (χ0n) is 14.3. The van der Waals surface area contributed by atoms with E-state index in [2.05, 4.69) is 15.8 Å². The van der Waals surface area contributed by atoms with Gasteiger partial charge in [-0.25, -0.2) is 0 Å². The van der Waals surface area contributed by atoms with Gasteiger partial charge in [0.25, 0.3) is 5.91 Å². The van der Waals surface area contributed by atoms with Crippen LogP contribution < -0.4 is 10.6 Å². The molecule has 9 heteroatoms. The fourth-order valence-electron chi connectivity index (χ4n) is 2.22. The number of nitrogens with zero attached hydrogens (tertiary/aromatic N) is 1. The third-order valence-electron chi connectivity index (χ3n) is 3.53. The molecule has 0 saturated heterocycles. The second-order valence-corrected chi connectivity index (χ2v) is 7.41. The predicted molar refractivity (Wildman–Crippen MR) is 104 cm³/mol. The molecule has 2 amide bonds. The number of nitrogens with one attached hydrogen (secondary N) is 2. The van der Waals surface area contributed by atoms with E-state index in [0.29, 0.717) is 22.9 Å². The lowest BCUT2D eigenvalue weighted by Gasteiger charge is -2.18. The van der Waals surface area contributed by atoms with Gasteiger partial charge < -0.3 is 15.2 Å². The number of thioether (sulfide) groups is 1. The Labute approximate surface area is 166 Å². The minimum Gasteiger partial charge on any atom is -0.361 e. The summed E-state index contributed by atoms with van der Waals surface area (Å²) in [5.74, 6) is 0.665. The number of carbonyl (C=O) groups excluding carboxylic acids is 2. The normalized spacial score (nSPS) is 11.8. The van der Waals surface area contributed by atoms with Gasteiger partial charge in [-0.1, -0.05) is 28.4 Å². The summed E-state index contributed by atoms with van der Waals surface area (Å²) >= 11 is 13.5. The molecule has 2 aromatic rings. The molecule has 0 radical (unpaired) electrons. The fourth-order valence-corrected chi connectivity index (χ4v) is 3.18. The van der Waals surface area contributed by atoms with E-state index in [1.165, 1.54) is 12.1 Å². The van der Waals surface area contributed by atoms with E-state index in [-0.39, 0.29) is 23.0 Å². The molecular weight excluding hydrogens is 397 g/mol. The van der Waals surface area contributed by atoms with Gasteiger partial charge in [0.2, 0.25) is 5.91 Å². The van der Waals surface area contributed by atoms with Gasteiger partial charge in [-0.05, 0) is 43.6 Å². The van der Waals surface area contributed by atoms with Crippen molar-refractivity contribution >= 4 is 46.8 Å². The molecule has 1 aromatic heterocycles. The Morgan fingerprint density at radius 1 is 1.31 bits per heavy atom. The summed E-state index contributed by atoms with van der Waals surface area (Å²) in [7, 11) is 0. The maximum atomic E-state index is 12.5. The van der Waals surface area contributed by atoms with Crippen molar-refractivity contribution in [1.29, 1.82) is 0 Å². The Balaban J connectivity index is 2.02. The summed E-state index contributed by atoms with van der Waals surface area (Å²) in [5, 5.41) is 9.99. The number of hydrogen-bond donors (Lipinski definition) is 2. The molecular formula is C17H19Cl2N3O3S. The highest BCUT2D eigenvalue weighted by molar-refractivity contribution is 7.98. The molecule has 0 bridgehead atoms. The van der Waals surface area contributed by atoms with E-state index in [0.717, 1.165) is 5.75 Å². The predicted octanol–water partition coefficient (Wildman–Crippen LogP) is 3.46. The number of benzene rings is 1. The first kappa shape index (κ1) is 20.6. The quantitative estimate of drug-likeness (QED) is 0.689. The molecule has 26 heavy (non-hydrogen) atoms. The Bertz CT molecular complexity index is 782. The van der Waals surface area contributed by atoms with Gasteiger partial charge in [0, 0.05) is 11.1 Å². The van der Waals surface area contributed by atoms with Crippen LogP contribution in [0.15, 0.2) is 28.8 Å². The topological polar surface area (TPSA) is 84.2 Å². The first-order chi connectivity index (χ1) is 12.4. The second kappa shape index (κ2) is 9.85. The lowest BCUT2D eigenvalue weighted by molar-refractivity contribution is -0.123. The van der Waals surface area contributed by atoms with Crippen LogP contribution in [0.4, 0.5) is 0 Å². The van der Waals surface area contributed by atoms with Crippen LogP contribution in [0.1, 0.15) is 28.2 Å². The Morgan fingerprint density at radius 3 is 2.69 bits per heavy atom. The maximum absolute atomic E-state index is 12.5. The summed E-state index contributed by atoms with van der Waals surface area (Å²) in [6.45, 7) is 2.00. The first-order valence-corrected chi connectivity index (χ1v) is 10.0. The van der Waals surface area contributed by atoms with Crippen molar-refractivity contribution in [3.8, 4) is 0 Å². The van der Waals surface area contributed by atoms with Crippen molar-refractivity contribution < 1.29 is 14.1 Å². The Morgan fingerprint density at radius 2 is 2.08 bits per heavy atom. The number of rotatable bonds is 8. The van der Waals surface area contributed by atoms with E-state index >= 15 is 0 Å². The Hall–Kier alpha value is -1.70. The molecule has 1 atom stereocenters. The molecule has 1 unspecified atom stereocenters. The lowest BCUT2D eigenvalue weighted by atomic mass is 10.1. The van der Waals surface area contributed by atoms with Crippen LogP contribution >= 0.6 is 35.0 Å². The second-order valence-electron chi connectivity index (χ2n) is 5.58. The van der Waals surface area contributed by atoms with Gasteiger partial charge in [-0.15, -0.1) is 0 Å². The zero-order chi connectivity index (χ0) is 19.1. The van der Waals surface area contributed by atoms with Crippen molar-refractivity contribution in [3.05, 3.63) is 51.3 Å². The van der Waals surface area contributed by atoms with Crippen molar-refractivity contribution in [2.75, 3.05) is 12.0 Å². The zero-order valence-corrected chi connectivity index (χ0v) is 16.7. The van der Waals surface area contributed by atoms with Crippen LogP contribution in [0.3, 0.4) is 0 Å². The van der Waals surface area contributed by atoms with Crippen molar-refractivity contribution in [2.45, 2.75) is 25.9 Å². The average Bonchev–Trinajstić information content (AvgIpc) is 3.01. The molecule has 2 N–H and O–H groups in total. The molecule has 0 spiro atoms. The molecule has 6 nitrogen and oxygen atoms in total. The van der Waals surface area contributed by atoms with Gasteiger partial charge in [0.15, 0.2) is 0 Å². The standard InChI is InChI=1S/C17H19Cl2N3O3S/c1-10-7-12(22-25-10)9-20-17(24)15(5-6-26-2)21-16(23)13-4-3-11(18)8-14(13)19/h3-4,7-8,15H,5-6,9H2,1-2H3,(H,20,24)(H,21,23). The van der Waals surface area contributed by atoms with Gasteiger partial charge in [-0.2, -0.15) is 11.8 Å². The molecule has 0 aliphatic heterocycles. The van der Waals surface area contributed by atoms with Crippen LogP contribution in [-0.2, 0) is 11.3 Å². The summed E-state index contributed by atoms with van der Waals surface area (Å²) in [4.78, 5) is 25.0. The number of amides is 2. The van der Waals surface area contributed by atoms with Crippen LogP contribution in [0, 0.1) is 6.92 Å². The molecule has 0 fully saturated rings. The van der Waals surface area contributed by atoms with E-state index in [4.69, 9.17) is 27.7 Å². The number of aryl methyl sites for hydroxylation is 1. The minimum atomic E-state index is -0.685. The van der Waals surface area contributed by atoms with Gasteiger partial charge in [0.1, 0.15) is 17.5 Å². The highest BCUT2D eigenvalue weighted by Gasteiger charge is 2.22. The largest absolute Gasteiger partial charge is 0.361 e. The summed E-state index contributed by atoms with van der Waals surface area (Å²) < 4.78 is 4.97. The molecule has 140 valence electrons. The van der Waals surface area contributed by atoms with Crippen LogP contribution in [0.5, 0.6) is 0 Å². The number of hydrogen-bond acceptors (Lipinski definition) is 5. The number of halogens is 2. The number of carbonyl (C=O) groups is 2. The van der Waals surface area contributed by atoms with Crippen molar-refractivity contribution in [3.63, 3.8) is 0 Å². The van der Waals surface area contributed by atoms with Crippen molar-refractivity contribution in [1.82, 2.24) is 15.8 Å². The van der Waals surface area contributed by atoms with Crippen LogP contribution in [0.2, 0.25) is 10.0 Å². The molecule has 0 aliphatic carbocycles. The third-order valence-corrected chi connectivity index (χ3v) is 4.72. The summed E-state index contributed by atoms with van der Waals surface area (Å²) in [5.41, 5.74) is 0.886. The lowest BCUT2D eigenvalue weighted by Crippen LogP contribution is -2.47. The van der Waals surface area contributed by atoms with Crippen LogP contribution in [-0.4, -0.2) is 35.0 Å². The highest BCUT2D eigenvalue weighted by Crippen LogP contribution is 2.21. The van der Waals surface area contributed by atoms with Gasteiger partial charge in [-0.3, -0.25) is 9.59 Å². The fraction of sp³-hybridized carbons (Fsp3) is 0.353. The smallest absolute Gasteiger partial charge is 0.253 e. The van der Waals surface area contributed by atoms with Crippen molar-refractivity contribution in [2.24, 2.45) is 0 Å². The summed E-state index contributed by atoms with van der Waals surface area (Å²) in [6.07, 6.45) is 2.42.